The van der Waals surface area contributed by atoms with Gasteiger partial charge in [0.2, 0.25) is 0 Å². The number of aryl methyl sites for hydroxylation is 1. The highest BCUT2D eigenvalue weighted by Crippen LogP contribution is 2.25. The number of carbonyl (C=O) groups is 1. The van der Waals surface area contributed by atoms with E-state index in [4.69, 9.17) is 8.83 Å². The number of halogens is 1. The third kappa shape index (κ3) is 2.38. The number of nitrogens with zero attached hydrogens (tertiary/aromatic N) is 1. The molecule has 3 aromatic rings. The first kappa shape index (κ1) is 13.1. The lowest BCUT2D eigenvalue weighted by atomic mass is 10.3. The summed E-state index contributed by atoms with van der Waals surface area (Å²) < 4.78 is 13.1. The maximum Gasteiger partial charge on any atom is 0.268 e. The fourth-order valence-corrected chi connectivity index (χ4v) is 2.54. The first-order chi connectivity index (χ1) is 9.65. The number of amides is 1. The van der Waals surface area contributed by atoms with Gasteiger partial charge in [0.25, 0.3) is 5.91 Å². The summed E-state index contributed by atoms with van der Waals surface area (Å²) in [5.41, 5.74) is 2.15. The molecule has 0 atom stereocenters. The Morgan fingerprint density at radius 3 is 3.00 bits per heavy atom. The molecule has 3 aromatic heterocycles. The molecular formula is C14H13BrN2O3. The van der Waals surface area contributed by atoms with Crippen molar-refractivity contribution in [3.8, 4) is 0 Å². The third-order valence-electron chi connectivity index (χ3n) is 3.17. The minimum Gasteiger partial charge on any atom is -0.469 e. The lowest BCUT2D eigenvalue weighted by Gasteiger charge is -2.05. The lowest BCUT2D eigenvalue weighted by molar-refractivity contribution is 0.0946. The first-order valence-electron chi connectivity index (χ1n) is 6.20. The van der Waals surface area contributed by atoms with E-state index in [1.165, 1.54) is 0 Å². The quantitative estimate of drug-likeness (QED) is 0.796. The Morgan fingerprint density at radius 2 is 2.30 bits per heavy atom. The van der Waals surface area contributed by atoms with E-state index in [0.717, 1.165) is 11.3 Å². The van der Waals surface area contributed by atoms with Gasteiger partial charge in [-0.3, -0.25) is 4.79 Å². The van der Waals surface area contributed by atoms with Gasteiger partial charge in [0.1, 0.15) is 11.5 Å². The zero-order valence-corrected chi connectivity index (χ0v) is 12.4. The minimum absolute atomic E-state index is 0.124. The molecule has 0 saturated carbocycles. The average Bonchev–Trinajstić information content (AvgIpc) is 3.09. The SMILES string of the molecule is Cn1c(C(=O)NCCc2ccco2)cc2oc(Br)cc21. The van der Waals surface area contributed by atoms with Gasteiger partial charge in [0.05, 0.1) is 11.8 Å². The van der Waals surface area contributed by atoms with Crippen LogP contribution in [0.2, 0.25) is 0 Å². The van der Waals surface area contributed by atoms with Crippen LogP contribution in [0.15, 0.2) is 44.0 Å². The monoisotopic (exact) mass is 336 g/mol. The van der Waals surface area contributed by atoms with E-state index >= 15 is 0 Å². The summed E-state index contributed by atoms with van der Waals surface area (Å²) >= 11 is 3.27. The molecule has 3 rings (SSSR count). The second kappa shape index (κ2) is 5.20. The molecule has 104 valence electrons. The predicted octanol–water partition coefficient (Wildman–Crippen LogP) is 3.10. The van der Waals surface area contributed by atoms with Crippen molar-refractivity contribution < 1.29 is 13.6 Å². The van der Waals surface area contributed by atoms with Gasteiger partial charge < -0.3 is 18.7 Å². The van der Waals surface area contributed by atoms with Gasteiger partial charge in [0, 0.05) is 32.1 Å². The molecule has 0 unspecified atom stereocenters. The number of hydrogen-bond acceptors (Lipinski definition) is 3. The van der Waals surface area contributed by atoms with E-state index in [1.54, 1.807) is 12.3 Å². The molecule has 0 radical (unpaired) electrons. The Labute approximate surface area is 123 Å². The van der Waals surface area contributed by atoms with Crippen LogP contribution in [0.4, 0.5) is 0 Å². The van der Waals surface area contributed by atoms with Crippen LogP contribution in [0.5, 0.6) is 0 Å². The standard InChI is InChI=1S/C14H13BrN2O3/c1-17-10-8-13(15)20-12(10)7-11(17)14(18)16-5-4-9-3-2-6-19-9/h2-3,6-8H,4-5H2,1H3,(H,16,18). The first-order valence-corrected chi connectivity index (χ1v) is 7.00. The molecule has 0 aliphatic rings. The summed E-state index contributed by atoms with van der Waals surface area (Å²) in [5, 5.41) is 2.87. The summed E-state index contributed by atoms with van der Waals surface area (Å²) in [4.78, 5) is 12.1. The maximum atomic E-state index is 12.1. The van der Waals surface area contributed by atoms with Crippen LogP contribution in [0.25, 0.3) is 11.1 Å². The Hall–Kier alpha value is -1.95. The van der Waals surface area contributed by atoms with Crippen molar-refractivity contribution >= 4 is 32.9 Å². The lowest BCUT2D eigenvalue weighted by Crippen LogP contribution is -2.27. The molecule has 0 saturated heterocycles. The van der Waals surface area contributed by atoms with Crippen molar-refractivity contribution in [3.63, 3.8) is 0 Å². The zero-order chi connectivity index (χ0) is 14.1. The number of rotatable bonds is 4. The summed E-state index contributed by atoms with van der Waals surface area (Å²) in [6, 6.07) is 7.30. The van der Waals surface area contributed by atoms with Gasteiger partial charge in [-0.05, 0) is 28.1 Å². The highest BCUT2D eigenvalue weighted by molar-refractivity contribution is 9.10. The average molecular weight is 337 g/mol. The molecule has 1 amide bonds. The van der Waals surface area contributed by atoms with Gasteiger partial charge >= 0.3 is 0 Å². The maximum absolute atomic E-state index is 12.1. The van der Waals surface area contributed by atoms with Crippen molar-refractivity contribution in [3.05, 3.63) is 46.7 Å². The molecule has 1 N–H and O–H groups in total. The topological polar surface area (TPSA) is 60.3 Å². The number of fused-ring (bicyclic) bond motifs is 1. The van der Waals surface area contributed by atoms with Crippen molar-refractivity contribution in [1.82, 2.24) is 9.88 Å². The molecule has 0 fully saturated rings. The summed E-state index contributed by atoms with van der Waals surface area (Å²) in [7, 11) is 1.84. The second-order valence-corrected chi connectivity index (χ2v) is 5.26. The molecule has 0 aliphatic carbocycles. The Balaban J connectivity index is 1.69. The van der Waals surface area contributed by atoms with E-state index in [0.29, 0.717) is 28.9 Å². The Bertz CT molecular complexity index is 740. The number of aromatic nitrogens is 1. The summed E-state index contributed by atoms with van der Waals surface area (Å²) in [6.07, 6.45) is 2.30. The Morgan fingerprint density at radius 1 is 1.45 bits per heavy atom. The summed E-state index contributed by atoms with van der Waals surface area (Å²) in [5.74, 6) is 0.733. The summed E-state index contributed by atoms with van der Waals surface area (Å²) in [6.45, 7) is 0.530. The van der Waals surface area contributed by atoms with Gasteiger partial charge in [-0.1, -0.05) is 0 Å². The number of nitrogens with one attached hydrogen (secondary N) is 1. The van der Waals surface area contributed by atoms with Crippen LogP contribution >= 0.6 is 15.9 Å². The fourth-order valence-electron chi connectivity index (χ4n) is 2.14. The number of hydrogen-bond donors (Lipinski definition) is 1. The number of carbonyl (C=O) groups excluding carboxylic acids is 1. The van der Waals surface area contributed by atoms with E-state index in [-0.39, 0.29) is 5.91 Å². The largest absolute Gasteiger partial charge is 0.469 e. The van der Waals surface area contributed by atoms with E-state index in [1.807, 2.05) is 29.8 Å². The minimum atomic E-state index is -0.124. The van der Waals surface area contributed by atoms with Crippen LogP contribution in [0.3, 0.4) is 0 Å². The molecule has 20 heavy (non-hydrogen) atoms. The number of furan rings is 2. The van der Waals surface area contributed by atoms with Crippen molar-refractivity contribution in [2.75, 3.05) is 6.54 Å². The molecular weight excluding hydrogens is 324 g/mol. The highest BCUT2D eigenvalue weighted by atomic mass is 79.9. The zero-order valence-electron chi connectivity index (χ0n) is 10.9. The molecule has 0 aliphatic heterocycles. The van der Waals surface area contributed by atoms with Gasteiger partial charge in [0.15, 0.2) is 10.3 Å². The van der Waals surface area contributed by atoms with Gasteiger partial charge in [-0.2, -0.15) is 0 Å². The smallest absolute Gasteiger partial charge is 0.268 e. The van der Waals surface area contributed by atoms with Crippen LogP contribution in [0.1, 0.15) is 16.2 Å². The van der Waals surface area contributed by atoms with Gasteiger partial charge in [-0.25, -0.2) is 0 Å². The normalized spacial score (nSPS) is 11.1. The molecule has 5 nitrogen and oxygen atoms in total. The highest BCUT2D eigenvalue weighted by Gasteiger charge is 2.16. The molecule has 0 bridgehead atoms. The van der Waals surface area contributed by atoms with Crippen molar-refractivity contribution in [2.24, 2.45) is 7.05 Å². The van der Waals surface area contributed by atoms with E-state index in [2.05, 4.69) is 21.2 Å². The molecule has 0 aromatic carbocycles. The van der Waals surface area contributed by atoms with Crippen LogP contribution in [-0.4, -0.2) is 17.0 Å². The van der Waals surface area contributed by atoms with Gasteiger partial charge in [-0.15, -0.1) is 0 Å². The van der Waals surface area contributed by atoms with Crippen LogP contribution < -0.4 is 5.32 Å². The molecule has 3 heterocycles. The predicted molar refractivity (Wildman–Crippen MR) is 77.6 cm³/mol. The Kier molecular flexibility index (Phi) is 3.40. The second-order valence-electron chi connectivity index (χ2n) is 4.47. The van der Waals surface area contributed by atoms with E-state index in [9.17, 15) is 4.79 Å². The molecule has 6 heteroatoms. The van der Waals surface area contributed by atoms with Crippen LogP contribution in [0, 0.1) is 0 Å². The van der Waals surface area contributed by atoms with Crippen molar-refractivity contribution in [2.45, 2.75) is 6.42 Å². The molecule has 0 spiro atoms. The van der Waals surface area contributed by atoms with Crippen LogP contribution in [-0.2, 0) is 13.5 Å². The fraction of sp³-hybridized carbons (Fsp3) is 0.214. The van der Waals surface area contributed by atoms with Crippen molar-refractivity contribution in [1.29, 1.82) is 0 Å². The van der Waals surface area contributed by atoms with E-state index < -0.39 is 0 Å². The third-order valence-corrected chi connectivity index (χ3v) is 3.56.